The molecule has 1 aliphatic rings. The van der Waals surface area contributed by atoms with Gasteiger partial charge in [-0.2, -0.15) is 0 Å². The minimum Gasteiger partial charge on any atom is -0.480 e. The normalized spacial score (nSPS) is 27.9. The monoisotopic (exact) mass is 201 g/mol. The third-order valence-electron chi connectivity index (χ3n) is 2.41. The lowest BCUT2D eigenvalue weighted by molar-refractivity contribution is -0.140. The summed E-state index contributed by atoms with van der Waals surface area (Å²) in [5.74, 6) is -0.751. The van der Waals surface area contributed by atoms with E-state index in [1.165, 1.54) is 0 Å². The smallest absolute Gasteiger partial charge is 0.320 e. The van der Waals surface area contributed by atoms with Gasteiger partial charge in [-0.1, -0.05) is 0 Å². The quantitative estimate of drug-likeness (QED) is 0.712. The van der Waals surface area contributed by atoms with Crippen molar-refractivity contribution in [2.24, 2.45) is 0 Å². The van der Waals surface area contributed by atoms with Crippen molar-refractivity contribution in [3.8, 4) is 0 Å². The molecule has 0 aromatic carbocycles. The lowest BCUT2D eigenvalue weighted by atomic mass is 9.99. The van der Waals surface area contributed by atoms with Crippen molar-refractivity contribution in [1.82, 2.24) is 5.32 Å². The average molecular weight is 201 g/mol. The second-order valence-electron chi connectivity index (χ2n) is 4.07. The summed E-state index contributed by atoms with van der Waals surface area (Å²) >= 11 is 0. The van der Waals surface area contributed by atoms with Gasteiger partial charge >= 0.3 is 5.97 Å². The summed E-state index contributed by atoms with van der Waals surface area (Å²) in [5, 5.41) is 11.9. The van der Waals surface area contributed by atoms with E-state index in [0.717, 1.165) is 19.3 Å². The van der Waals surface area contributed by atoms with Crippen LogP contribution in [0, 0.1) is 0 Å². The van der Waals surface area contributed by atoms with E-state index in [4.69, 9.17) is 9.84 Å². The molecular formula is C10H19NO3. The van der Waals surface area contributed by atoms with E-state index in [2.05, 4.69) is 5.32 Å². The molecule has 1 rings (SSSR count). The number of rotatable bonds is 4. The summed E-state index contributed by atoms with van der Waals surface area (Å²) in [6.07, 6.45) is 2.92. The molecule has 2 unspecified atom stereocenters. The third kappa shape index (κ3) is 3.64. The summed E-state index contributed by atoms with van der Waals surface area (Å²) in [4.78, 5) is 10.7. The molecule has 4 nitrogen and oxygen atoms in total. The Morgan fingerprint density at radius 3 is 2.86 bits per heavy atom. The molecule has 0 spiro atoms. The molecule has 2 N–H and O–H groups in total. The van der Waals surface area contributed by atoms with Gasteiger partial charge in [0.05, 0.1) is 12.7 Å². The van der Waals surface area contributed by atoms with E-state index >= 15 is 0 Å². The summed E-state index contributed by atoms with van der Waals surface area (Å²) in [5.41, 5.74) is 0. The number of ether oxygens (including phenoxy) is 1. The van der Waals surface area contributed by atoms with Gasteiger partial charge in [-0.15, -0.1) is 0 Å². The van der Waals surface area contributed by atoms with Crippen molar-refractivity contribution < 1.29 is 14.6 Å². The number of piperidine rings is 1. The predicted molar refractivity (Wildman–Crippen MR) is 53.3 cm³/mol. The molecular weight excluding hydrogens is 182 g/mol. The van der Waals surface area contributed by atoms with Gasteiger partial charge in [0.1, 0.15) is 6.04 Å². The fourth-order valence-corrected chi connectivity index (χ4v) is 1.65. The summed E-state index contributed by atoms with van der Waals surface area (Å²) in [6.45, 7) is 4.58. The van der Waals surface area contributed by atoms with E-state index in [9.17, 15) is 4.79 Å². The maximum atomic E-state index is 10.7. The highest BCUT2D eigenvalue weighted by Gasteiger charge is 2.25. The highest BCUT2D eigenvalue weighted by Crippen LogP contribution is 2.13. The molecule has 1 saturated heterocycles. The molecule has 82 valence electrons. The molecule has 0 aliphatic carbocycles. The highest BCUT2D eigenvalue weighted by molar-refractivity contribution is 5.73. The number of carboxylic acid groups (broad SMARTS) is 1. The lowest BCUT2D eigenvalue weighted by Gasteiger charge is -2.28. The molecule has 1 aliphatic heterocycles. The highest BCUT2D eigenvalue weighted by atomic mass is 16.5. The van der Waals surface area contributed by atoms with Gasteiger partial charge in [0.15, 0.2) is 0 Å². The lowest BCUT2D eigenvalue weighted by Crippen LogP contribution is -2.48. The van der Waals surface area contributed by atoms with Gasteiger partial charge in [0.25, 0.3) is 0 Å². The average Bonchev–Trinajstić information content (AvgIpc) is 2.15. The first-order chi connectivity index (χ1) is 6.59. The molecule has 2 atom stereocenters. The van der Waals surface area contributed by atoms with Crippen LogP contribution < -0.4 is 5.32 Å². The van der Waals surface area contributed by atoms with Crippen molar-refractivity contribution >= 4 is 5.97 Å². The molecule has 14 heavy (non-hydrogen) atoms. The zero-order chi connectivity index (χ0) is 10.6. The number of carbonyl (C=O) groups is 1. The molecule has 4 heteroatoms. The number of aliphatic carboxylic acids is 1. The van der Waals surface area contributed by atoms with E-state index in [0.29, 0.717) is 6.61 Å². The first kappa shape index (κ1) is 11.5. The minimum absolute atomic E-state index is 0.201. The second kappa shape index (κ2) is 5.32. The van der Waals surface area contributed by atoms with Gasteiger partial charge in [-0.3, -0.25) is 10.1 Å². The van der Waals surface area contributed by atoms with Crippen LogP contribution >= 0.6 is 0 Å². The van der Waals surface area contributed by atoms with Crippen molar-refractivity contribution in [3.05, 3.63) is 0 Å². The van der Waals surface area contributed by atoms with Crippen LogP contribution in [0.1, 0.15) is 33.1 Å². The van der Waals surface area contributed by atoms with Crippen LogP contribution in [0.3, 0.4) is 0 Å². The van der Waals surface area contributed by atoms with E-state index in [-0.39, 0.29) is 18.2 Å². The van der Waals surface area contributed by atoms with Gasteiger partial charge in [-0.05, 0) is 33.1 Å². The SMILES string of the molecule is CC(C)OCC1CCCC(C(=O)O)N1. The predicted octanol–water partition coefficient (Wildman–Crippen LogP) is 1.01. The maximum absolute atomic E-state index is 10.7. The standard InChI is InChI=1S/C10H19NO3/c1-7(2)14-6-8-4-3-5-9(11-8)10(12)13/h7-9,11H,3-6H2,1-2H3,(H,12,13). The number of hydrogen-bond donors (Lipinski definition) is 2. The molecule has 1 fully saturated rings. The fourth-order valence-electron chi connectivity index (χ4n) is 1.65. The van der Waals surface area contributed by atoms with Gasteiger partial charge in [0.2, 0.25) is 0 Å². The van der Waals surface area contributed by atoms with Crippen LogP contribution in [0.4, 0.5) is 0 Å². The summed E-state index contributed by atoms with van der Waals surface area (Å²) in [7, 11) is 0. The molecule has 0 amide bonds. The van der Waals surface area contributed by atoms with Crippen molar-refractivity contribution in [1.29, 1.82) is 0 Å². The van der Waals surface area contributed by atoms with Crippen LogP contribution in [0.2, 0.25) is 0 Å². The number of nitrogens with one attached hydrogen (secondary N) is 1. The minimum atomic E-state index is -0.751. The van der Waals surface area contributed by atoms with Gasteiger partial charge < -0.3 is 9.84 Å². The first-order valence-corrected chi connectivity index (χ1v) is 5.20. The molecule has 0 saturated carbocycles. The van der Waals surface area contributed by atoms with Crippen LogP contribution in [-0.2, 0) is 9.53 Å². The van der Waals surface area contributed by atoms with E-state index in [1.807, 2.05) is 13.8 Å². The molecule has 0 bridgehead atoms. The van der Waals surface area contributed by atoms with Crippen molar-refractivity contribution in [2.75, 3.05) is 6.61 Å². The molecule has 0 aromatic rings. The van der Waals surface area contributed by atoms with Crippen molar-refractivity contribution in [2.45, 2.75) is 51.3 Å². The first-order valence-electron chi connectivity index (χ1n) is 5.20. The molecule has 0 radical (unpaired) electrons. The Morgan fingerprint density at radius 2 is 2.29 bits per heavy atom. The Labute approximate surface area is 84.6 Å². The Hall–Kier alpha value is -0.610. The zero-order valence-corrected chi connectivity index (χ0v) is 8.82. The van der Waals surface area contributed by atoms with Crippen LogP contribution in [0.5, 0.6) is 0 Å². The Kier molecular flexibility index (Phi) is 4.35. The zero-order valence-electron chi connectivity index (χ0n) is 8.82. The van der Waals surface area contributed by atoms with Gasteiger partial charge in [-0.25, -0.2) is 0 Å². The number of hydrogen-bond acceptors (Lipinski definition) is 3. The van der Waals surface area contributed by atoms with Crippen LogP contribution in [-0.4, -0.2) is 35.9 Å². The summed E-state index contributed by atoms with van der Waals surface area (Å²) in [6, 6.07) is -0.184. The summed E-state index contributed by atoms with van der Waals surface area (Å²) < 4.78 is 5.45. The largest absolute Gasteiger partial charge is 0.480 e. The Bertz CT molecular complexity index is 194. The molecule has 0 aromatic heterocycles. The van der Waals surface area contributed by atoms with Crippen LogP contribution in [0.25, 0.3) is 0 Å². The maximum Gasteiger partial charge on any atom is 0.320 e. The number of carboxylic acids is 1. The Morgan fingerprint density at radius 1 is 1.57 bits per heavy atom. The third-order valence-corrected chi connectivity index (χ3v) is 2.41. The van der Waals surface area contributed by atoms with E-state index < -0.39 is 5.97 Å². The fraction of sp³-hybridized carbons (Fsp3) is 0.900. The Balaban J connectivity index is 2.29. The van der Waals surface area contributed by atoms with Crippen molar-refractivity contribution in [3.63, 3.8) is 0 Å². The van der Waals surface area contributed by atoms with Crippen LogP contribution in [0.15, 0.2) is 0 Å². The molecule has 1 heterocycles. The second-order valence-corrected chi connectivity index (χ2v) is 4.07. The van der Waals surface area contributed by atoms with E-state index in [1.54, 1.807) is 0 Å². The van der Waals surface area contributed by atoms with Gasteiger partial charge in [0, 0.05) is 6.04 Å². The topological polar surface area (TPSA) is 58.6 Å².